The van der Waals surface area contributed by atoms with Crippen molar-refractivity contribution < 1.29 is 13.9 Å². The summed E-state index contributed by atoms with van der Waals surface area (Å²) >= 11 is 6.33. The van der Waals surface area contributed by atoms with Crippen molar-refractivity contribution in [3.63, 3.8) is 0 Å². The van der Waals surface area contributed by atoms with Gasteiger partial charge in [-0.3, -0.25) is 0 Å². The van der Waals surface area contributed by atoms with Crippen LogP contribution in [0, 0.1) is 17.7 Å². The Morgan fingerprint density at radius 3 is 2.61 bits per heavy atom. The Morgan fingerprint density at radius 2 is 1.93 bits per heavy atom. The summed E-state index contributed by atoms with van der Waals surface area (Å²) in [4.78, 5) is 0. The molecule has 0 bridgehead atoms. The summed E-state index contributed by atoms with van der Waals surface area (Å²) in [5.41, 5.74) is 1.95. The summed E-state index contributed by atoms with van der Waals surface area (Å²) in [5.74, 6) is 1.23. The quantitative estimate of drug-likeness (QED) is 0.416. The predicted octanol–water partition coefficient (Wildman–Crippen LogP) is 7.44. The van der Waals surface area contributed by atoms with E-state index in [1.807, 2.05) is 6.07 Å². The molecule has 3 rings (SSSR count). The Morgan fingerprint density at radius 1 is 1.14 bits per heavy atom. The summed E-state index contributed by atoms with van der Waals surface area (Å²) in [6.45, 7) is 5.78. The summed E-state index contributed by atoms with van der Waals surface area (Å²) in [6, 6.07) is 3.62. The summed E-state index contributed by atoms with van der Waals surface area (Å²) in [5, 5.41) is 0.186. The van der Waals surface area contributed by atoms with Gasteiger partial charge >= 0.3 is 0 Å². The maximum atomic E-state index is 14.6. The zero-order valence-electron chi connectivity index (χ0n) is 17.3. The fourth-order valence-corrected chi connectivity index (χ4v) is 4.45. The SMILES string of the molecule is CCCCOc1ccc(C2=CCC(COC3CCC(C)CC3)CC2)c(Cl)c1F. The molecule has 0 spiro atoms. The van der Waals surface area contributed by atoms with Crippen LogP contribution in [0.25, 0.3) is 5.57 Å². The van der Waals surface area contributed by atoms with E-state index >= 15 is 0 Å². The molecule has 28 heavy (non-hydrogen) atoms. The minimum absolute atomic E-state index is 0.186. The Labute approximate surface area is 174 Å². The fraction of sp³-hybridized carbons (Fsp3) is 0.667. The van der Waals surface area contributed by atoms with Crippen molar-refractivity contribution in [3.05, 3.63) is 34.6 Å². The van der Waals surface area contributed by atoms with Gasteiger partial charge in [-0.15, -0.1) is 0 Å². The number of halogens is 2. The molecule has 2 aliphatic carbocycles. The van der Waals surface area contributed by atoms with E-state index in [4.69, 9.17) is 21.1 Å². The van der Waals surface area contributed by atoms with Crippen LogP contribution in [0.15, 0.2) is 18.2 Å². The minimum Gasteiger partial charge on any atom is -0.490 e. The highest BCUT2D eigenvalue weighted by atomic mass is 35.5. The lowest BCUT2D eigenvalue weighted by molar-refractivity contribution is -0.000560. The van der Waals surface area contributed by atoms with Gasteiger partial charge in [0.15, 0.2) is 11.6 Å². The second-order valence-electron chi connectivity index (χ2n) is 8.53. The van der Waals surface area contributed by atoms with E-state index in [1.54, 1.807) is 6.07 Å². The van der Waals surface area contributed by atoms with Crippen LogP contribution in [-0.2, 0) is 4.74 Å². The third-order valence-corrected chi connectivity index (χ3v) is 6.57. The normalized spacial score (nSPS) is 25.4. The van der Waals surface area contributed by atoms with Crippen molar-refractivity contribution in [3.8, 4) is 5.75 Å². The third kappa shape index (κ3) is 5.73. The summed E-state index contributed by atoms with van der Waals surface area (Å²) in [7, 11) is 0. The van der Waals surface area contributed by atoms with E-state index in [9.17, 15) is 4.39 Å². The first-order valence-electron chi connectivity index (χ1n) is 11.0. The van der Waals surface area contributed by atoms with Crippen LogP contribution < -0.4 is 4.74 Å². The monoisotopic (exact) mass is 408 g/mol. The molecule has 1 aromatic rings. The van der Waals surface area contributed by atoms with Gasteiger partial charge in [-0.25, -0.2) is 4.39 Å². The highest BCUT2D eigenvalue weighted by Gasteiger charge is 2.23. The molecule has 1 atom stereocenters. The van der Waals surface area contributed by atoms with Gasteiger partial charge in [-0.05, 0) is 86.5 Å². The standard InChI is InChI=1S/C24H34ClFO2/c1-3-4-15-27-22-14-13-21(23(25)24(22)26)19-9-7-18(8-10-19)16-28-20-11-5-17(2)6-12-20/h9,13-14,17-18,20H,3-8,10-12,15-16H2,1-2H3. The third-order valence-electron chi connectivity index (χ3n) is 6.20. The smallest absolute Gasteiger partial charge is 0.184 e. The molecular formula is C24H34ClFO2. The first-order chi connectivity index (χ1) is 13.6. The van der Waals surface area contributed by atoms with Crippen molar-refractivity contribution in [2.75, 3.05) is 13.2 Å². The van der Waals surface area contributed by atoms with Crippen molar-refractivity contribution in [1.82, 2.24) is 0 Å². The van der Waals surface area contributed by atoms with E-state index in [0.29, 0.717) is 18.6 Å². The van der Waals surface area contributed by atoms with Crippen LogP contribution in [0.2, 0.25) is 5.02 Å². The first kappa shape index (κ1) is 21.6. The molecular weight excluding hydrogens is 375 g/mol. The largest absolute Gasteiger partial charge is 0.490 e. The van der Waals surface area contributed by atoms with E-state index in [2.05, 4.69) is 19.9 Å². The molecule has 4 heteroatoms. The van der Waals surface area contributed by atoms with Crippen molar-refractivity contribution >= 4 is 17.2 Å². The molecule has 2 nitrogen and oxygen atoms in total. The molecule has 0 aliphatic heterocycles. The maximum Gasteiger partial charge on any atom is 0.184 e. The molecule has 156 valence electrons. The molecule has 1 saturated carbocycles. The molecule has 1 fully saturated rings. The van der Waals surface area contributed by atoms with Crippen LogP contribution in [0.5, 0.6) is 5.75 Å². The van der Waals surface area contributed by atoms with E-state index in [1.165, 1.54) is 25.7 Å². The second-order valence-corrected chi connectivity index (χ2v) is 8.90. The molecule has 0 amide bonds. The van der Waals surface area contributed by atoms with Gasteiger partial charge in [-0.1, -0.05) is 37.9 Å². The number of allylic oxidation sites excluding steroid dienone is 2. The van der Waals surface area contributed by atoms with E-state index in [-0.39, 0.29) is 10.8 Å². The lowest BCUT2D eigenvalue weighted by atomic mass is 9.86. The highest BCUT2D eigenvalue weighted by Crippen LogP contribution is 2.38. The van der Waals surface area contributed by atoms with Gasteiger partial charge in [0, 0.05) is 0 Å². The van der Waals surface area contributed by atoms with Crippen LogP contribution in [0.1, 0.15) is 77.2 Å². The number of hydrogen-bond acceptors (Lipinski definition) is 2. The lowest BCUT2D eigenvalue weighted by Crippen LogP contribution is -2.24. The molecule has 0 aromatic heterocycles. The van der Waals surface area contributed by atoms with E-state index < -0.39 is 5.82 Å². The maximum absolute atomic E-state index is 14.6. The highest BCUT2D eigenvalue weighted by molar-refractivity contribution is 6.32. The Hall–Kier alpha value is -1.06. The minimum atomic E-state index is -0.437. The fourth-order valence-electron chi connectivity index (χ4n) is 4.17. The van der Waals surface area contributed by atoms with Crippen molar-refractivity contribution in [2.45, 2.75) is 77.7 Å². The topological polar surface area (TPSA) is 18.5 Å². The number of hydrogen-bond donors (Lipinski definition) is 0. The molecule has 0 saturated heterocycles. The molecule has 2 aliphatic rings. The second kappa shape index (κ2) is 10.6. The van der Waals surface area contributed by atoms with Crippen LogP contribution >= 0.6 is 11.6 Å². The average molecular weight is 409 g/mol. The van der Waals surface area contributed by atoms with Gasteiger partial charge in [-0.2, -0.15) is 0 Å². The Bertz CT molecular complexity index is 665. The Kier molecular flexibility index (Phi) is 8.23. The Balaban J connectivity index is 1.53. The molecule has 0 radical (unpaired) electrons. The molecule has 1 unspecified atom stereocenters. The van der Waals surface area contributed by atoms with Crippen LogP contribution in [-0.4, -0.2) is 19.3 Å². The van der Waals surface area contributed by atoms with Crippen LogP contribution in [0.4, 0.5) is 4.39 Å². The summed E-state index contributed by atoms with van der Waals surface area (Å²) in [6.07, 6.45) is 12.6. The van der Waals surface area contributed by atoms with E-state index in [0.717, 1.165) is 55.8 Å². The number of ether oxygens (including phenoxy) is 2. The van der Waals surface area contributed by atoms with Gasteiger partial charge in [0.25, 0.3) is 0 Å². The lowest BCUT2D eigenvalue weighted by Gasteiger charge is -2.29. The van der Waals surface area contributed by atoms with Crippen molar-refractivity contribution in [2.24, 2.45) is 11.8 Å². The average Bonchev–Trinajstić information content (AvgIpc) is 2.71. The molecule has 1 aromatic carbocycles. The van der Waals surface area contributed by atoms with Gasteiger partial charge in [0.2, 0.25) is 0 Å². The van der Waals surface area contributed by atoms with Gasteiger partial charge in [0.05, 0.1) is 24.3 Å². The zero-order valence-corrected chi connectivity index (χ0v) is 18.1. The predicted molar refractivity (Wildman–Crippen MR) is 115 cm³/mol. The zero-order chi connectivity index (χ0) is 19.9. The van der Waals surface area contributed by atoms with Crippen LogP contribution in [0.3, 0.4) is 0 Å². The molecule has 0 heterocycles. The van der Waals surface area contributed by atoms with Crippen molar-refractivity contribution in [1.29, 1.82) is 0 Å². The first-order valence-corrected chi connectivity index (χ1v) is 11.4. The molecule has 0 N–H and O–H groups in total. The number of unbranched alkanes of at least 4 members (excludes halogenated alkanes) is 1. The van der Waals surface area contributed by atoms with Gasteiger partial charge < -0.3 is 9.47 Å². The van der Waals surface area contributed by atoms with Gasteiger partial charge in [0.1, 0.15) is 0 Å². The summed E-state index contributed by atoms with van der Waals surface area (Å²) < 4.78 is 26.3. The number of benzene rings is 1. The number of rotatable bonds is 8.